The van der Waals surface area contributed by atoms with Crippen molar-refractivity contribution in [2.45, 2.75) is 38.1 Å². The first-order valence-corrected chi connectivity index (χ1v) is 10.3. The molecule has 1 amide bonds. The summed E-state index contributed by atoms with van der Waals surface area (Å²) in [7, 11) is 1.82. The molecule has 2 atom stereocenters. The van der Waals surface area contributed by atoms with Gasteiger partial charge in [-0.05, 0) is 62.9 Å². The Morgan fingerprint density at radius 3 is 2.78 bits per heavy atom. The van der Waals surface area contributed by atoms with Crippen LogP contribution in [0.5, 0.6) is 0 Å². The molecule has 2 aliphatic rings. The first kappa shape index (κ1) is 18.5. The lowest BCUT2D eigenvalue weighted by Gasteiger charge is -2.44. The normalized spacial score (nSPS) is 23.0. The molecule has 1 aromatic heterocycles. The van der Waals surface area contributed by atoms with Gasteiger partial charge in [0.05, 0.1) is 5.69 Å². The summed E-state index contributed by atoms with van der Waals surface area (Å²) < 4.78 is 1.66. The average Bonchev–Trinajstić information content (AvgIpc) is 3.08. The molecule has 4 rings (SSSR count). The zero-order valence-electron chi connectivity index (χ0n) is 15.8. The van der Waals surface area contributed by atoms with Gasteiger partial charge in [-0.3, -0.25) is 9.48 Å². The zero-order valence-corrected chi connectivity index (χ0v) is 16.6. The number of benzene rings is 1. The summed E-state index contributed by atoms with van der Waals surface area (Å²) in [5, 5.41) is 8.36. The summed E-state index contributed by atoms with van der Waals surface area (Å²) in [6.07, 6.45) is 6.36. The topological polar surface area (TPSA) is 50.2 Å². The minimum Gasteiger partial charge on any atom is -0.350 e. The summed E-state index contributed by atoms with van der Waals surface area (Å²) in [6.45, 7) is 3.20. The molecule has 144 valence electrons. The van der Waals surface area contributed by atoms with Crippen LogP contribution in [0.2, 0.25) is 5.02 Å². The van der Waals surface area contributed by atoms with E-state index in [4.69, 9.17) is 11.6 Å². The van der Waals surface area contributed by atoms with Crippen molar-refractivity contribution >= 4 is 17.5 Å². The molecule has 0 saturated carbocycles. The van der Waals surface area contributed by atoms with Gasteiger partial charge in [-0.25, -0.2) is 0 Å². The first-order chi connectivity index (χ1) is 13.1. The average molecular weight is 387 g/mol. The minimum absolute atomic E-state index is 0.0434. The third-order valence-electron chi connectivity index (χ3n) is 6.01. The molecule has 6 heteroatoms. The number of carbonyl (C=O) groups is 1. The molecule has 3 heterocycles. The van der Waals surface area contributed by atoms with Crippen molar-refractivity contribution in [1.29, 1.82) is 0 Å². The highest BCUT2D eigenvalue weighted by Crippen LogP contribution is 2.30. The second-order valence-electron chi connectivity index (χ2n) is 7.76. The zero-order chi connectivity index (χ0) is 18.8. The van der Waals surface area contributed by atoms with Crippen LogP contribution in [0.4, 0.5) is 0 Å². The number of halogens is 1. The molecule has 0 bridgehead atoms. The Bertz CT molecular complexity index is 799. The van der Waals surface area contributed by atoms with Crippen molar-refractivity contribution in [3.8, 4) is 11.3 Å². The summed E-state index contributed by atoms with van der Waals surface area (Å²) in [4.78, 5) is 15.4. The molecule has 0 aliphatic carbocycles. The number of hydrogen-bond donors (Lipinski definition) is 1. The lowest BCUT2D eigenvalue weighted by Crippen LogP contribution is -2.51. The second-order valence-corrected chi connectivity index (χ2v) is 8.19. The second kappa shape index (κ2) is 8.03. The summed E-state index contributed by atoms with van der Waals surface area (Å²) in [5.41, 5.74) is 2.34. The number of amides is 1. The van der Waals surface area contributed by atoms with Crippen LogP contribution in [0.3, 0.4) is 0 Å². The van der Waals surface area contributed by atoms with E-state index in [0.717, 1.165) is 17.8 Å². The Labute approximate surface area is 165 Å². The third kappa shape index (κ3) is 4.04. The summed E-state index contributed by atoms with van der Waals surface area (Å²) in [6, 6.07) is 10.0. The van der Waals surface area contributed by atoms with E-state index in [9.17, 15) is 4.79 Å². The van der Waals surface area contributed by atoms with Crippen molar-refractivity contribution in [3.05, 3.63) is 41.0 Å². The molecule has 2 fully saturated rings. The number of nitrogens with zero attached hydrogens (tertiary/aromatic N) is 3. The van der Waals surface area contributed by atoms with Gasteiger partial charge < -0.3 is 10.2 Å². The number of nitrogens with one attached hydrogen (secondary N) is 1. The van der Waals surface area contributed by atoms with Gasteiger partial charge in [0.25, 0.3) is 5.91 Å². The highest BCUT2D eigenvalue weighted by Gasteiger charge is 2.33. The van der Waals surface area contributed by atoms with Crippen molar-refractivity contribution < 1.29 is 4.79 Å². The van der Waals surface area contributed by atoms with Crippen LogP contribution < -0.4 is 5.32 Å². The first-order valence-electron chi connectivity index (χ1n) is 9.94. The molecule has 1 aromatic carbocycles. The molecular weight excluding hydrogens is 360 g/mol. The van der Waals surface area contributed by atoms with Gasteiger partial charge in [-0.15, -0.1) is 0 Å². The number of fused-ring (bicyclic) bond motifs is 1. The van der Waals surface area contributed by atoms with Crippen LogP contribution in [-0.2, 0) is 7.05 Å². The summed E-state index contributed by atoms with van der Waals surface area (Å²) >= 11 is 5.96. The molecule has 1 N–H and O–H groups in total. The van der Waals surface area contributed by atoms with E-state index in [2.05, 4.69) is 15.3 Å². The van der Waals surface area contributed by atoms with Crippen LogP contribution in [0, 0.1) is 5.92 Å². The van der Waals surface area contributed by atoms with Crippen LogP contribution >= 0.6 is 11.6 Å². The highest BCUT2D eigenvalue weighted by molar-refractivity contribution is 6.30. The fraction of sp³-hybridized carbons (Fsp3) is 0.524. The summed E-state index contributed by atoms with van der Waals surface area (Å²) in [5.74, 6) is 0.519. The Kier molecular flexibility index (Phi) is 5.50. The van der Waals surface area contributed by atoms with Crippen LogP contribution in [0.15, 0.2) is 30.3 Å². The van der Waals surface area contributed by atoms with Crippen molar-refractivity contribution in [2.24, 2.45) is 13.0 Å². The molecular formula is C21H27ClN4O. The van der Waals surface area contributed by atoms with Gasteiger partial charge in [0.2, 0.25) is 0 Å². The smallest absolute Gasteiger partial charge is 0.269 e. The number of aromatic nitrogens is 2. The molecule has 27 heavy (non-hydrogen) atoms. The SMILES string of the molecule is Cn1nc(-c2ccc(Cl)cc2)cc1C(=O)NC[C@@H]1CCCN2CCCC[C@@H]12. The Morgan fingerprint density at radius 1 is 1.19 bits per heavy atom. The maximum absolute atomic E-state index is 12.8. The standard InChI is InChI=1S/C21H27ClN4O/c1-25-20(13-18(24-25)15-7-9-17(22)10-8-15)21(27)23-14-16-5-4-12-26-11-3-2-6-19(16)26/h7-10,13,16,19H,2-6,11-12,14H2,1H3,(H,23,27)/t16-,19-/m0/s1. The van der Waals surface area contributed by atoms with E-state index >= 15 is 0 Å². The van der Waals surface area contributed by atoms with E-state index in [1.807, 2.05) is 37.4 Å². The largest absolute Gasteiger partial charge is 0.350 e. The molecule has 2 aromatic rings. The third-order valence-corrected chi connectivity index (χ3v) is 6.26. The predicted octanol–water partition coefficient (Wildman–Crippen LogP) is 3.73. The van der Waals surface area contributed by atoms with E-state index < -0.39 is 0 Å². The molecule has 0 radical (unpaired) electrons. The maximum atomic E-state index is 12.8. The van der Waals surface area contributed by atoms with Crippen LogP contribution in [-0.4, -0.2) is 46.3 Å². The monoisotopic (exact) mass is 386 g/mol. The Hall–Kier alpha value is -1.85. The molecule has 2 saturated heterocycles. The molecule has 5 nitrogen and oxygen atoms in total. The van der Waals surface area contributed by atoms with Gasteiger partial charge in [0, 0.05) is 30.2 Å². The van der Waals surface area contributed by atoms with Gasteiger partial charge in [-0.2, -0.15) is 5.10 Å². The maximum Gasteiger partial charge on any atom is 0.269 e. The fourth-order valence-corrected chi connectivity index (χ4v) is 4.70. The Balaban J connectivity index is 1.42. The lowest BCUT2D eigenvalue weighted by atomic mass is 9.83. The van der Waals surface area contributed by atoms with Crippen molar-refractivity contribution in [2.75, 3.05) is 19.6 Å². The van der Waals surface area contributed by atoms with E-state index in [-0.39, 0.29) is 5.91 Å². The molecule has 0 unspecified atom stereocenters. The Morgan fingerprint density at radius 2 is 1.96 bits per heavy atom. The molecule has 0 spiro atoms. The van der Waals surface area contributed by atoms with Crippen molar-refractivity contribution in [1.82, 2.24) is 20.0 Å². The molecule has 2 aliphatic heterocycles. The number of hydrogen-bond acceptors (Lipinski definition) is 3. The van der Waals surface area contributed by atoms with E-state index in [1.165, 1.54) is 45.2 Å². The van der Waals surface area contributed by atoms with Gasteiger partial charge >= 0.3 is 0 Å². The van der Waals surface area contributed by atoms with Gasteiger partial charge in [0.1, 0.15) is 5.69 Å². The highest BCUT2D eigenvalue weighted by atomic mass is 35.5. The predicted molar refractivity (Wildman–Crippen MR) is 108 cm³/mol. The van der Waals surface area contributed by atoms with Crippen molar-refractivity contribution in [3.63, 3.8) is 0 Å². The lowest BCUT2D eigenvalue weighted by molar-refractivity contribution is 0.0574. The van der Waals surface area contributed by atoms with Crippen LogP contribution in [0.25, 0.3) is 11.3 Å². The number of aryl methyl sites for hydroxylation is 1. The number of rotatable bonds is 4. The van der Waals surface area contributed by atoms with Crippen LogP contribution in [0.1, 0.15) is 42.6 Å². The number of piperidine rings is 2. The van der Waals surface area contributed by atoms with Gasteiger partial charge in [-0.1, -0.05) is 30.2 Å². The van der Waals surface area contributed by atoms with E-state index in [1.54, 1.807) is 4.68 Å². The van der Waals surface area contributed by atoms with E-state index in [0.29, 0.717) is 22.7 Å². The van der Waals surface area contributed by atoms with Gasteiger partial charge in [0.15, 0.2) is 0 Å². The minimum atomic E-state index is -0.0434. The number of carbonyl (C=O) groups excluding carboxylic acids is 1. The quantitative estimate of drug-likeness (QED) is 0.870. The fourth-order valence-electron chi connectivity index (χ4n) is 4.57.